The Kier molecular flexibility index (Phi) is 2.49. The quantitative estimate of drug-likeness (QED) is 0.824. The molecule has 2 rings (SSSR count). The van der Waals surface area contributed by atoms with E-state index in [1.54, 1.807) is 0 Å². The minimum atomic E-state index is -0.838. The molecular formula is C11H12O4. The summed E-state index contributed by atoms with van der Waals surface area (Å²) in [6.07, 6.45) is -0.0431. The van der Waals surface area contributed by atoms with Gasteiger partial charge in [-0.15, -0.1) is 0 Å². The van der Waals surface area contributed by atoms with Gasteiger partial charge in [0.25, 0.3) is 0 Å². The van der Waals surface area contributed by atoms with E-state index in [1.165, 1.54) is 0 Å². The Labute approximate surface area is 87.4 Å². The lowest BCUT2D eigenvalue weighted by molar-refractivity contribution is -0.138. The molecule has 0 aromatic heterocycles. The molecule has 1 N–H and O–H groups in total. The zero-order valence-corrected chi connectivity index (χ0v) is 8.40. The number of carboxylic acids is 1. The third-order valence-corrected chi connectivity index (χ3v) is 2.28. The topological polar surface area (TPSA) is 55.8 Å². The van der Waals surface area contributed by atoms with E-state index in [-0.39, 0.29) is 6.42 Å². The highest BCUT2D eigenvalue weighted by Crippen LogP contribution is 2.38. The highest BCUT2D eigenvalue weighted by Gasteiger charge is 2.25. The van der Waals surface area contributed by atoms with Crippen LogP contribution in [0.25, 0.3) is 0 Å². The summed E-state index contributed by atoms with van der Waals surface area (Å²) in [5, 5.41) is 8.53. The first kappa shape index (κ1) is 9.83. The molecular weight excluding hydrogens is 196 g/mol. The zero-order valence-electron chi connectivity index (χ0n) is 8.40. The van der Waals surface area contributed by atoms with Crippen LogP contribution in [0.4, 0.5) is 0 Å². The Hall–Kier alpha value is -1.71. The highest BCUT2D eigenvalue weighted by atomic mass is 16.7. The number of aryl methyl sites for hydroxylation is 1. The van der Waals surface area contributed by atoms with E-state index in [4.69, 9.17) is 14.6 Å². The van der Waals surface area contributed by atoms with Gasteiger partial charge in [-0.3, -0.25) is 4.79 Å². The van der Waals surface area contributed by atoms with Crippen LogP contribution in [0.1, 0.15) is 18.4 Å². The number of benzene rings is 1. The second kappa shape index (κ2) is 3.81. The van der Waals surface area contributed by atoms with Crippen LogP contribution in [0.15, 0.2) is 18.2 Å². The molecule has 1 unspecified atom stereocenters. The summed E-state index contributed by atoms with van der Waals surface area (Å²) >= 11 is 0. The zero-order chi connectivity index (χ0) is 10.8. The molecule has 0 fully saturated rings. The fourth-order valence-electron chi connectivity index (χ4n) is 1.53. The van der Waals surface area contributed by atoms with Crippen LogP contribution < -0.4 is 9.47 Å². The second-order valence-electron chi connectivity index (χ2n) is 3.50. The molecule has 4 nitrogen and oxygen atoms in total. The van der Waals surface area contributed by atoms with Crippen molar-refractivity contribution in [3.63, 3.8) is 0 Å². The predicted octanol–water partition coefficient (Wildman–Crippen LogP) is 1.96. The first-order valence-corrected chi connectivity index (χ1v) is 4.81. The molecule has 1 aliphatic heterocycles. The Balaban J connectivity index is 2.03. The molecule has 1 aromatic carbocycles. The van der Waals surface area contributed by atoms with Crippen molar-refractivity contribution in [2.24, 2.45) is 0 Å². The minimum Gasteiger partial charge on any atom is -0.481 e. The van der Waals surface area contributed by atoms with Crippen molar-refractivity contribution in [2.45, 2.75) is 26.1 Å². The van der Waals surface area contributed by atoms with Gasteiger partial charge in [-0.2, -0.15) is 0 Å². The van der Waals surface area contributed by atoms with Crippen molar-refractivity contribution in [3.8, 4) is 11.5 Å². The van der Waals surface area contributed by atoms with Crippen LogP contribution in [0.2, 0.25) is 0 Å². The van der Waals surface area contributed by atoms with Gasteiger partial charge in [-0.25, -0.2) is 0 Å². The largest absolute Gasteiger partial charge is 0.481 e. The summed E-state index contributed by atoms with van der Waals surface area (Å²) in [4.78, 5) is 10.4. The molecule has 0 spiro atoms. The average Bonchev–Trinajstić information content (AvgIpc) is 2.59. The highest BCUT2D eigenvalue weighted by molar-refractivity contribution is 5.66. The fourth-order valence-corrected chi connectivity index (χ4v) is 1.53. The van der Waals surface area contributed by atoms with Crippen molar-refractivity contribution >= 4 is 5.97 Å². The molecule has 0 aliphatic carbocycles. The number of hydrogen-bond acceptors (Lipinski definition) is 3. The first-order valence-electron chi connectivity index (χ1n) is 4.81. The number of rotatable bonds is 3. The molecule has 80 valence electrons. The average molecular weight is 208 g/mol. The van der Waals surface area contributed by atoms with E-state index in [0.717, 1.165) is 11.3 Å². The molecule has 4 heteroatoms. The summed E-state index contributed by atoms with van der Waals surface area (Å²) in [7, 11) is 0. The number of aliphatic carboxylic acids is 1. The molecule has 0 saturated heterocycles. The summed E-state index contributed by atoms with van der Waals surface area (Å²) < 4.78 is 11.0. The second-order valence-corrected chi connectivity index (χ2v) is 3.50. The van der Waals surface area contributed by atoms with Crippen molar-refractivity contribution in [2.75, 3.05) is 0 Å². The van der Waals surface area contributed by atoms with Crippen LogP contribution in [0.5, 0.6) is 11.5 Å². The number of carboxylic acid groups (broad SMARTS) is 1. The van der Waals surface area contributed by atoms with Crippen molar-refractivity contribution in [3.05, 3.63) is 23.8 Å². The third kappa shape index (κ3) is 2.03. The maximum absolute atomic E-state index is 10.4. The molecule has 1 atom stereocenters. The number of fused-ring (bicyclic) bond motifs is 1. The van der Waals surface area contributed by atoms with Crippen molar-refractivity contribution in [1.29, 1.82) is 0 Å². The molecule has 15 heavy (non-hydrogen) atoms. The third-order valence-electron chi connectivity index (χ3n) is 2.28. The predicted molar refractivity (Wildman–Crippen MR) is 53.1 cm³/mol. The summed E-state index contributed by atoms with van der Waals surface area (Å²) in [5.74, 6) is 0.591. The maximum atomic E-state index is 10.4. The Morgan fingerprint density at radius 2 is 2.27 bits per heavy atom. The Morgan fingerprint density at radius 3 is 2.93 bits per heavy atom. The number of hydrogen-bond donors (Lipinski definition) is 1. The fraction of sp³-hybridized carbons (Fsp3) is 0.364. The van der Waals surface area contributed by atoms with Gasteiger partial charge in [0.15, 0.2) is 11.5 Å². The smallest absolute Gasteiger partial charge is 0.303 e. The van der Waals surface area contributed by atoms with Gasteiger partial charge >= 0.3 is 5.97 Å². The molecule has 0 bridgehead atoms. The van der Waals surface area contributed by atoms with Gasteiger partial charge in [0.05, 0.1) is 6.42 Å². The Bertz CT molecular complexity index is 386. The number of para-hydroxylation sites is 1. The van der Waals surface area contributed by atoms with E-state index >= 15 is 0 Å². The van der Waals surface area contributed by atoms with Gasteiger partial charge in [-0.05, 0) is 18.6 Å². The molecule has 0 saturated carbocycles. The standard InChI is InChI=1S/C11H12O4/c1-7-3-2-4-8-11(7)15-10(14-8)6-5-9(12)13/h2-4,10H,5-6H2,1H3,(H,12,13). The van der Waals surface area contributed by atoms with Crippen molar-refractivity contribution < 1.29 is 19.4 Å². The lowest BCUT2D eigenvalue weighted by atomic mass is 10.2. The van der Waals surface area contributed by atoms with E-state index < -0.39 is 12.3 Å². The first-order chi connectivity index (χ1) is 7.16. The lowest BCUT2D eigenvalue weighted by Gasteiger charge is -2.07. The molecule has 1 heterocycles. The van der Waals surface area contributed by atoms with Crippen LogP contribution in [-0.2, 0) is 4.79 Å². The SMILES string of the molecule is Cc1cccc2c1OC(CCC(=O)O)O2. The Morgan fingerprint density at radius 1 is 1.47 bits per heavy atom. The summed E-state index contributed by atoms with van der Waals surface area (Å²) in [6.45, 7) is 1.93. The molecule has 0 radical (unpaired) electrons. The van der Waals surface area contributed by atoms with Gasteiger partial charge in [0.2, 0.25) is 6.29 Å². The van der Waals surface area contributed by atoms with Crippen LogP contribution >= 0.6 is 0 Å². The van der Waals surface area contributed by atoms with Gasteiger partial charge in [0, 0.05) is 6.42 Å². The normalized spacial score (nSPS) is 17.8. The lowest BCUT2D eigenvalue weighted by Crippen LogP contribution is -2.19. The van der Waals surface area contributed by atoms with Crippen LogP contribution in [0.3, 0.4) is 0 Å². The van der Waals surface area contributed by atoms with E-state index in [9.17, 15) is 4.79 Å². The number of ether oxygens (including phenoxy) is 2. The van der Waals surface area contributed by atoms with E-state index in [2.05, 4.69) is 0 Å². The maximum Gasteiger partial charge on any atom is 0.303 e. The monoisotopic (exact) mass is 208 g/mol. The summed E-state index contributed by atoms with van der Waals surface area (Å²) in [6, 6.07) is 5.64. The van der Waals surface area contributed by atoms with Crippen molar-refractivity contribution in [1.82, 2.24) is 0 Å². The summed E-state index contributed by atoms with van der Waals surface area (Å²) in [5.41, 5.74) is 1.00. The minimum absolute atomic E-state index is 0.0533. The van der Waals surface area contributed by atoms with Gasteiger partial charge < -0.3 is 14.6 Å². The van der Waals surface area contributed by atoms with Crippen LogP contribution in [-0.4, -0.2) is 17.4 Å². The molecule has 0 amide bonds. The molecule has 1 aliphatic rings. The van der Waals surface area contributed by atoms with E-state index in [1.807, 2.05) is 25.1 Å². The van der Waals surface area contributed by atoms with Gasteiger partial charge in [-0.1, -0.05) is 12.1 Å². The van der Waals surface area contributed by atoms with Gasteiger partial charge in [0.1, 0.15) is 0 Å². The van der Waals surface area contributed by atoms with E-state index in [0.29, 0.717) is 12.2 Å². The van der Waals surface area contributed by atoms with Crippen LogP contribution in [0, 0.1) is 6.92 Å². The molecule has 1 aromatic rings. The number of carbonyl (C=O) groups is 1.